The number of anilines is 2. The number of fused-ring (bicyclic) bond motifs is 1. The predicted octanol–water partition coefficient (Wildman–Crippen LogP) is 3.28. The molecule has 1 amide bonds. The zero-order chi connectivity index (χ0) is 14.8. The number of halogens is 1. The first-order valence-electron chi connectivity index (χ1n) is 6.92. The minimum atomic E-state index is -0.338. The summed E-state index contributed by atoms with van der Waals surface area (Å²) in [5.74, 6) is -0.275. The van der Waals surface area contributed by atoms with Crippen molar-refractivity contribution in [2.75, 3.05) is 10.6 Å². The minimum absolute atomic E-state index is 0.0261. The average molecular weight is 285 g/mol. The Bertz CT molecular complexity index is 670. The molecule has 2 heterocycles. The summed E-state index contributed by atoms with van der Waals surface area (Å²) < 4.78 is 12.9. The first-order valence-corrected chi connectivity index (χ1v) is 6.92. The van der Waals surface area contributed by atoms with Gasteiger partial charge in [0.2, 0.25) is 5.91 Å². The van der Waals surface area contributed by atoms with Gasteiger partial charge in [0.05, 0.1) is 17.9 Å². The molecular weight excluding hydrogens is 269 g/mol. The van der Waals surface area contributed by atoms with Gasteiger partial charge in [-0.15, -0.1) is 0 Å². The van der Waals surface area contributed by atoms with Crippen molar-refractivity contribution >= 4 is 17.3 Å². The second-order valence-corrected chi connectivity index (χ2v) is 5.19. The van der Waals surface area contributed by atoms with Gasteiger partial charge in [-0.1, -0.05) is 0 Å². The predicted molar refractivity (Wildman–Crippen MR) is 79.6 cm³/mol. The Balaban J connectivity index is 1.76. The number of nitrogens with zero attached hydrogens (tertiary/aromatic N) is 1. The van der Waals surface area contributed by atoms with E-state index in [0.717, 1.165) is 29.1 Å². The molecule has 4 nitrogen and oxygen atoms in total. The summed E-state index contributed by atoms with van der Waals surface area (Å²) in [4.78, 5) is 15.4. The quantitative estimate of drug-likeness (QED) is 0.910. The maximum Gasteiger partial charge on any atom is 0.224 e. The number of carbonyl (C=O) groups excluding carboxylic acids is 1. The number of hydrogen-bond acceptors (Lipinski definition) is 3. The van der Waals surface area contributed by atoms with Crippen LogP contribution in [0, 0.1) is 5.82 Å². The molecule has 108 valence electrons. The van der Waals surface area contributed by atoms with E-state index >= 15 is 0 Å². The molecule has 0 spiro atoms. The number of hydrogen-bond donors (Lipinski definition) is 2. The van der Waals surface area contributed by atoms with E-state index in [0.29, 0.717) is 6.42 Å². The second kappa shape index (κ2) is 5.52. The van der Waals surface area contributed by atoms with Gasteiger partial charge in [-0.05, 0) is 49.2 Å². The SMILES string of the molecule is CC(Nc1ccc2c(c1)CCC(=O)N2)c1ccc(F)cn1. The first kappa shape index (κ1) is 13.5. The molecule has 21 heavy (non-hydrogen) atoms. The fourth-order valence-corrected chi connectivity index (χ4v) is 2.44. The van der Waals surface area contributed by atoms with Crippen LogP contribution in [0.1, 0.15) is 30.6 Å². The highest BCUT2D eigenvalue weighted by molar-refractivity contribution is 5.94. The molecule has 1 aliphatic heterocycles. The highest BCUT2D eigenvalue weighted by atomic mass is 19.1. The first-order chi connectivity index (χ1) is 10.1. The lowest BCUT2D eigenvalue weighted by Gasteiger charge is -2.20. The number of aromatic nitrogens is 1. The van der Waals surface area contributed by atoms with Crippen LogP contribution in [-0.2, 0) is 11.2 Å². The van der Waals surface area contributed by atoms with E-state index < -0.39 is 0 Å². The largest absolute Gasteiger partial charge is 0.377 e. The second-order valence-electron chi connectivity index (χ2n) is 5.19. The fraction of sp³-hybridized carbons (Fsp3) is 0.250. The van der Waals surface area contributed by atoms with E-state index in [2.05, 4.69) is 15.6 Å². The summed E-state index contributed by atoms with van der Waals surface area (Å²) in [5, 5.41) is 6.20. The topological polar surface area (TPSA) is 54.0 Å². The summed E-state index contributed by atoms with van der Waals surface area (Å²) in [7, 11) is 0. The third kappa shape index (κ3) is 3.02. The Morgan fingerprint density at radius 2 is 2.14 bits per heavy atom. The van der Waals surface area contributed by atoms with Crippen LogP contribution in [-0.4, -0.2) is 10.9 Å². The van der Waals surface area contributed by atoms with Crippen LogP contribution in [0.4, 0.5) is 15.8 Å². The van der Waals surface area contributed by atoms with Crippen molar-refractivity contribution in [2.24, 2.45) is 0 Å². The molecule has 1 unspecified atom stereocenters. The molecule has 2 aromatic rings. The molecule has 1 aliphatic rings. The number of aryl methyl sites for hydroxylation is 1. The Morgan fingerprint density at radius 1 is 1.29 bits per heavy atom. The lowest BCUT2D eigenvalue weighted by molar-refractivity contribution is -0.116. The van der Waals surface area contributed by atoms with Gasteiger partial charge in [-0.25, -0.2) is 4.39 Å². The van der Waals surface area contributed by atoms with Crippen LogP contribution in [0.3, 0.4) is 0 Å². The maximum absolute atomic E-state index is 12.9. The summed E-state index contributed by atoms with van der Waals surface area (Å²) >= 11 is 0. The molecule has 5 heteroatoms. The number of benzene rings is 1. The van der Waals surface area contributed by atoms with Gasteiger partial charge in [0, 0.05) is 17.8 Å². The molecule has 1 aromatic heterocycles. The maximum atomic E-state index is 12.9. The lowest BCUT2D eigenvalue weighted by Crippen LogP contribution is -2.19. The van der Waals surface area contributed by atoms with Crippen molar-refractivity contribution in [1.29, 1.82) is 0 Å². The molecule has 0 saturated heterocycles. The van der Waals surface area contributed by atoms with Crippen LogP contribution >= 0.6 is 0 Å². The molecule has 0 aliphatic carbocycles. The van der Waals surface area contributed by atoms with Gasteiger partial charge in [0.15, 0.2) is 0 Å². The Morgan fingerprint density at radius 3 is 2.90 bits per heavy atom. The molecule has 2 N–H and O–H groups in total. The van der Waals surface area contributed by atoms with Crippen LogP contribution < -0.4 is 10.6 Å². The molecule has 0 fully saturated rings. The van der Waals surface area contributed by atoms with E-state index in [9.17, 15) is 9.18 Å². The molecule has 0 saturated carbocycles. The van der Waals surface area contributed by atoms with Gasteiger partial charge >= 0.3 is 0 Å². The number of amides is 1. The van der Waals surface area contributed by atoms with E-state index in [1.54, 1.807) is 6.07 Å². The van der Waals surface area contributed by atoms with Crippen molar-refractivity contribution in [1.82, 2.24) is 4.98 Å². The van der Waals surface area contributed by atoms with Crippen LogP contribution in [0.25, 0.3) is 0 Å². The summed E-state index contributed by atoms with van der Waals surface area (Å²) in [6.45, 7) is 1.97. The highest BCUT2D eigenvalue weighted by Gasteiger charge is 2.15. The molecule has 0 bridgehead atoms. The van der Waals surface area contributed by atoms with Gasteiger partial charge < -0.3 is 10.6 Å². The van der Waals surface area contributed by atoms with Crippen LogP contribution in [0.15, 0.2) is 36.5 Å². The number of rotatable bonds is 3. The van der Waals surface area contributed by atoms with E-state index in [4.69, 9.17) is 0 Å². The van der Waals surface area contributed by atoms with Crippen LogP contribution in [0.2, 0.25) is 0 Å². The van der Waals surface area contributed by atoms with E-state index in [1.807, 2.05) is 25.1 Å². The summed E-state index contributed by atoms with van der Waals surface area (Å²) in [5.41, 5.74) is 3.74. The molecule has 3 rings (SSSR count). The Kier molecular flexibility index (Phi) is 3.56. The van der Waals surface area contributed by atoms with Crippen molar-refractivity contribution in [3.8, 4) is 0 Å². The van der Waals surface area contributed by atoms with Crippen molar-refractivity contribution in [2.45, 2.75) is 25.8 Å². The molecule has 1 atom stereocenters. The normalized spacial score (nSPS) is 15.0. The third-order valence-corrected chi connectivity index (χ3v) is 3.58. The minimum Gasteiger partial charge on any atom is -0.377 e. The Labute approximate surface area is 122 Å². The monoisotopic (exact) mass is 285 g/mol. The summed E-state index contributed by atoms with van der Waals surface area (Å²) in [6, 6.07) is 8.91. The third-order valence-electron chi connectivity index (χ3n) is 3.58. The molecular formula is C16H16FN3O. The zero-order valence-electron chi connectivity index (χ0n) is 11.7. The number of carbonyl (C=O) groups is 1. The Hall–Kier alpha value is -2.43. The lowest BCUT2D eigenvalue weighted by atomic mass is 10.0. The van der Waals surface area contributed by atoms with Crippen molar-refractivity contribution in [3.63, 3.8) is 0 Å². The summed E-state index contributed by atoms with van der Waals surface area (Å²) in [6.07, 6.45) is 2.49. The van der Waals surface area contributed by atoms with Crippen LogP contribution in [0.5, 0.6) is 0 Å². The van der Waals surface area contributed by atoms with Crippen molar-refractivity contribution in [3.05, 3.63) is 53.6 Å². The van der Waals surface area contributed by atoms with Gasteiger partial charge in [0.1, 0.15) is 5.82 Å². The van der Waals surface area contributed by atoms with E-state index in [-0.39, 0.29) is 17.8 Å². The molecule has 1 aromatic carbocycles. The highest BCUT2D eigenvalue weighted by Crippen LogP contribution is 2.27. The average Bonchev–Trinajstić information content (AvgIpc) is 2.48. The fourth-order valence-electron chi connectivity index (χ4n) is 2.44. The zero-order valence-corrected chi connectivity index (χ0v) is 11.7. The van der Waals surface area contributed by atoms with Crippen molar-refractivity contribution < 1.29 is 9.18 Å². The van der Waals surface area contributed by atoms with E-state index in [1.165, 1.54) is 12.3 Å². The van der Waals surface area contributed by atoms with Gasteiger partial charge in [-0.2, -0.15) is 0 Å². The van der Waals surface area contributed by atoms with Gasteiger partial charge in [0.25, 0.3) is 0 Å². The number of nitrogens with one attached hydrogen (secondary N) is 2. The standard InChI is InChI=1S/C16H16FN3O/c1-10(14-5-3-12(17)9-18-14)19-13-4-6-15-11(8-13)2-7-16(21)20-15/h3-6,8-10,19H,2,7H2,1H3,(H,20,21). The van der Waals surface area contributed by atoms with Gasteiger partial charge in [-0.3, -0.25) is 9.78 Å². The number of pyridine rings is 1. The smallest absolute Gasteiger partial charge is 0.224 e. The molecule has 0 radical (unpaired) electrons.